The number of benzene rings is 2. The molecule has 0 aromatic heterocycles. The van der Waals surface area contributed by atoms with Crippen LogP contribution in [0.4, 0.5) is 0 Å². The first-order valence-electron chi connectivity index (χ1n) is 10.00. The molecule has 0 fully saturated rings. The van der Waals surface area contributed by atoms with Gasteiger partial charge in [-0.05, 0) is 58.8 Å². The third-order valence-electron chi connectivity index (χ3n) is 6.27. The summed E-state index contributed by atoms with van der Waals surface area (Å²) in [5, 5.41) is 3.46. The number of aryl methyl sites for hydroxylation is 1. The molecule has 0 saturated heterocycles. The molecule has 0 atom stereocenters. The third-order valence-corrected chi connectivity index (χ3v) is 9.89. The van der Waals surface area contributed by atoms with E-state index < -0.39 is 8.07 Å². The van der Waals surface area contributed by atoms with Crippen molar-refractivity contribution >= 4 is 18.5 Å². The number of rotatable bonds is 6. The molecule has 4 rings (SSSR count). The van der Waals surface area contributed by atoms with Crippen LogP contribution >= 0.6 is 0 Å². The van der Waals surface area contributed by atoms with Gasteiger partial charge in [-0.15, -0.1) is 0 Å². The first-order valence-corrected chi connectivity index (χ1v) is 13.0. The first-order chi connectivity index (χ1) is 12.0. The van der Waals surface area contributed by atoms with Crippen molar-refractivity contribution in [2.75, 3.05) is 0 Å². The van der Waals surface area contributed by atoms with Crippen LogP contribution in [0.25, 0.3) is 16.3 Å². The molecule has 130 valence electrons. The predicted octanol–water partition coefficient (Wildman–Crippen LogP) is 6.41. The van der Waals surface area contributed by atoms with Gasteiger partial charge in [-0.2, -0.15) is 0 Å². The number of allylic oxidation sites excluding steroid dienone is 1. The summed E-state index contributed by atoms with van der Waals surface area (Å²) < 4.78 is 0. The molecule has 2 aromatic rings. The zero-order valence-corrected chi connectivity index (χ0v) is 17.2. The lowest BCUT2D eigenvalue weighted by atomic mass is 9.96. The molecule has 2 bridgehead atoms. The Morgan fingerprint density at radius 1 is 0.880 bits per heavy atom. The van der Waals surface area contributed by atoms with E-state index in [0.717, 1.165) is 0 Å². The molecule has 0 spiro atoms. The van der Waals surface area contributed by atoms with Gasteiger partial charge in [0, 0.05) is 0 Å². The molecule has 2 aromatic carbocycles. The van der Waals surface area contributed by atoms with Crippen LogP contribution in [0.1, 0.15) is 55.7 Å². The molecule has 25 heavy (non-hydrogen) atoms. The molecule has 0 amide bonds. The first kappa shape index (κ1) is 16.8. The minimum Gasteiger partial charge on any atom is -0.0655 e. The van der Waals surface area contributed by atoms with Crippen LogP contribution in [0.15, 0.2) is 42.0 Å². The molecule has 1 aliphatic heterocycles. The molecule has 0 nitrogen and oxygen atoms in total. The summed E-state index contributed by atoms with van der Waals surface area (Å²) in [4.78, 5) is 0. The van der Waals surface area contributed by atoms with Crippen LogP contribution in [0.5, 0.6) is 0 Å². The van der Waals surface area contributed by atoms with Gasteiger partial charge in [0.1, 0.15) is 8.07 Å². The van der Waals surface area contributed by atoms with Crippen molar-refractivity contribution in [3.8, 4) is 11.1 Å². The maximum atomic E-state index is 2.57. The molecular formula is C24H30Si. The standard InChI is InChI=1S/C24H30Si/c1-5-6-7-8-9-20-16-19-14-15-21-22(18-12-10-17(2)11-13-18)23(19)24(20)25(21,3)4/h10-15H,5-9,16H2,1-4H3. The second kappa shape index (κ2) is 6.28. The second-order valence-electron chi connectivity index (χ2n) is 8.48. The summed E-state index contributed by atoms with van der Waals surface area (Å²) in [6.45, 7) is 9.63. The fourth-order valence-electron chi connectivity index (χ4n) is 4.98. The van der Waals surface area contributed by atoms with Gasteiger partial charge in [-0.25, -0.2) is 0 Å². The summed E-state index contributed by atoms with van der Waals surface area (Å²) in [6, 6.07) is 14.1. The van der Waals surface area contributed by atoms with Crippen LogP contribution in [-0.2, 0) is 6.42 Å². The van der Waals surface area contributed by atoms with Gasteiger partial charge in [0.25, 0.3) is 0 Å². The van der Waals surface area contributed by atoms with Gasteiger partial charge in [0.15, 0.2) is 0 Å². The van der Waals surface area contributed by atoms with Crippen molar-refractivity contribution in [3.63, 3.8) is 0 Å². The molecule has 1 aliphatic carbocycles. The van der Waals surface area contributed by atoms with Gasteiger partial charge >= 0.3 is 0 Å². The Hall–Kier alpha value is -1.60. The Labute approximate surface area is 154 Å². The molecule has 0 unspecified atom stereocenters. The highest BCUT2D eigenvalue weighted by Crippen LogP contribution is 2.50. The highest BCUT2D eigenvalue weighted by Gasteiger charge is 2.45. The van der Waals surface area contributed by atoms with E-state index in [9.17, 15) is 0 Å². The molecule has 0 N–H and O–H groups in total. The zero-order valence-electron chi connectivity index (χ0n) is 16.2. The van der Waals surface area contributed by atoms with Crippen LogP contribution in [0.2, 0.25) is 13.1 Å². The van der Waals surface area contributed by atoms with Gasteiger partial charge in [0.2, 0.25) is 0 Å². The van der Waals surface area contributed by atoms with Crippen LogP contribution in [-0.4, -0.2) is 8.07 Å². The smallest absolute Gasteiger partial charge is 0.0655 e. The van der Waals surface area contributed by atoms with Crippen molar-refractivity contribution in [1.82, 2.24) is 0 Å². The van der Waals surface area contributed by atoms with Gasteiger partial charge in [0.05, 0.1) is 0 Å². The Balaban J connectivity index is 1.78. The van der Waals surface area contributed by atoms with E-state index in [-0.39, 0.29) is 0 Å². The summed E-state index contributed by atoms with van der Waals surface area (Å²) >= 11 is 0. The fraction of sp³-hybridized carbons (Fsp3) is 0.417. The highest BCUT2D eigenvalue weighted by molar-refractivity contribution is 7.07. The van der Waals surface area contributed by atoms with Crippen molar-refractivity contribution in [3.05, 3.63) is 58.7 Å². The molecule has 1 heterocycles. The molecule has 2 aliphatic rings. The average Bonchev–Trinajstić information content (AvgIpc) is 3.04. The van der Waals surface area contributed by atoms with Gasteiger partial charge in [-0.3, -0.25) is 0 Å². The highest BCUT2D eigenvalue weighted by atomic mass is 28.3. The van der Waals surface area contributed by atoms with Crippen molar-refractivity contribution < 1.29 is 0 Å². The lowest BCUT2D eigenvalue weighted by Crippen LogP contribution is -2.39. The van der Waals surface area contributed by atoms with Crippen LogP contribution in [0, 0.1) is 6.92 Å². The largest absolute Gasteiger partial charge is 0.113 e. The summed E-state index contributed by atoms with van der Waals surface area (Å²) in [7, 11) is -1.53. The van der Waals surface area contributed by atoms with E-state index in [1.165, 1.54) is 49.7 Å². The topological polar surface area (TPSA) is 0 Å². The Bertz CT molecular complexity index is 837. The molecular weight excluding hydrogens is 316 g/mol. The van der Waals surface area contributed by atoms with Crippen LogP contribution < -0.4 is 5.19 Å². The van der Waals surface area contributed by atoms with E-state index in [1.54, 1.807) is 32.6 Å². The number of unbranched alkanes of at least 4 members (excludes halogenated alkanes) is 3. The lowest BCUT2D eigenvalue weighted by Gasteiger charge is -2.22. The Morgan fingerprint density at radius 2 is 1.64 bits per heavy atom. The fourth-order valence-corrected chi connectivity index (χ4v) is 8.65. The minimum absolute atomic E-state index is 1.21. The van der Waals surface area contributed by atoms with Crippen molar-refractivity contribution in [2.45, 2.75) is 65.5 Å². The number of hydrogen-bond donors (Lipinski definition) is 0. The molecule has 0 saturated carbocycles. The summed E-state index contributed by atoms with van der Waals surface area (Å²) in [5.74, 6) is 0. The van der Waals surface area contributed by atoms with Crippen molar-refractivity contribution in [1.29, 1.82) is 0 Å². The Kier molecular flexibility index (Phi) is 4.23. The summed E-state index contributed by atoms with van der Waals surface area (Å²) in [6.07, 6.45) is 8.01. The van der Waals surface area contributed by atoms with E-state index >= 15 is 0 Å². The SMILES string of the molecule is CCCCCCC1=C2c3c(ccc(c3-c3ccc(C)cc3)[Si]2(C)C)C1. The maximum Gasteiger partial charge on any atom is 0.113 e. The van der Waals surface area contributed by atoms with E-state index in [0.29, 0.717) is 0 Å². The number of hydrogen-bond acceptors (Lipinski definition) is 0. The third kappa shape index (κ3) is 2.64. The van der Waals surface area contributed by atoms with Crippen molar-refractivity contribution in [2.24, 2.45) is 0 Å². The predicted molar refractivity (Wildman–Crippen MR) is 113 cm³/mol. The van der Waals surface area contributed by atoms with E-state index in [1.807, 2.05) is 0 Å². The normalized spacial score (nSPS) is 16.8. The zero-order chi connectivity index (χ0) is 17.6. The molecule has 0 radical (unpaired) electrons. The second-order valence-corrected chi connectivity index (χ2v) is 12.8. The van der Waals surface area contributed by atoms with E-state index in [4.69, 9.17) is 0 Å². The summed E-state index contributed by atoms with van der Waals surface area (Å²) in [5.41, 5.74) is 9.37. The van der Waals surface area contributed by atoms with Gasteiger partial charge < -0.3 is 0 Å². The Morgan fingerprint density at radius 3 is 2.36 bits per heavy atom. The van der Waals surface area contributed by atoms with E-state index in [2.05, 4.69) is 63.3 Å². The quantitative estimate of drug-likeness (QED) is 0.419. The minimum atomic E-state index is -1.53. The van der Waals surface area contributed by atoms with Gasteiger partial charge in [-0.1, -0.05) is 86.8 Å². The maximum absolute atomic E-state index is 2.57. The number of fused-ring (bicyclic) bond motifs is 1. The lowest BCUT2D eigenvalue weighted by molar-refractivity contribution is 0.662. The van der Waals surface area contributed by atoms with Crippen LogP contribution in [0.3, 0.4) is 0 Å². The monoisotopic (exact) mass is 346 g/mol. The average molecular weight is 347 g/mol. The molecule has 1 heteroatoms.